The average molecular weight is 231 g/mol. The lowest BCUT2D eigenvalue weighted by atomic mass is 9.89. The molecule has 2 rings (SSSR count). The van der Waals surface area contributed by atoms with Gasteiger partial charge in [0.1, 0.15) is 0 Å². The molecule has 0 aromatic carbocycles. The van der Waals surface area contributed by atoms with Crippen LogP contribution in [0, 0.1) is 0 Å². The lowest BCUT2D eigenvalue weighted by Crippen LogP contribution is -2.41. The summed E-state index contributed by atoms with van der Waals surface area (Å²) in [6.45, 7) is 3.85. The van der Waals surface area contributed by atoms with Gasteiger partial charge < -0.3 is 14.8 Å². The Labute approximate surface area is 96.3 Å². The fourth-order valence-electron chi connectivity index (χ4n) is 2.44. The predicted molar refractivity (Wildman–Crippen MR) is 63.5 cm³/mol. The Bertz CT molecular complexity index is 193. The zero-order chi connectivity index (χ0) is 10.6. The number of ether oxygens (including phenoxy) is 2. The topological polar surface area (TPSA) is 30.5 Å². The molecule has 0 amide bonds. The van der Waals surface area contributed by atoms with E-state index in [2.05, 4.69) is 11.6 Å². The van der Waals surface area contributed by atoms with Gasteiger partial charge in [-0.1, -0.05) is 0 Å². The number of hydrogen-bond acceptors (Lipinski definition) is 4. The van der Waals surface area contributed by atoms with Gasteiger partial charge in [0, 0.05) is 12.2 Å². The summed E-state index contributed by atoms with van der Waals surface area (Å²) in [6.07, 6.45) is 5.85. The van der Waals surface area contributed by atoms with Gasteiger partial charge in [0.2, 0.25) is 0 Å². The van der Waals surface area contributed by atoms with E-state index < -0.39 is 0 Å². The summed E-state index contributed by atoms with van der Waals surface area (Å²) in [4.78, 5) is 0. The largest absolute Gasteiger partial charge is 0.375 e. The highest BCUT2D eigenvalue weighted by atomic mass is 32.2. The van der Waals surface area contributed by atoms with Crippen LogP contribution < -0.4 is 5.32 Å². The molecule has 2 heterocycles. The van der Waals surface area contributed by atoms with E-state index in [4.69, 9.17) is 9.47 Å². The van der Waals surface area contributed by atoms with Gasteiger partial charge in [-0.05, 0) is 32.2 Å². The Morgan fingerprint density at radius 3 is 3.00 bits per heavy atom. The SMILES string of the molecule is CSCCOC1COC2(CCNCC2)C1. The molecular formula is C11H21NO2S. The average Bonchev–Trinajstić information content (AvgIpc) is 2.63. The van der Waals surface area contributed by atoms with Crippen LogP contribution in [-0.2, 0) is 9.47 Å². The molecule has 3 nitrogen and oxygen atoms in total. The normalized spacial score (nSPS) is 29.8. The molecule has 0 radical (unpaired) electrons. The second kappa shape index (κ2) is 5.53. The third-order valence-electron chi connectivity index (χ3n) is 3.33. The molecule has 1 spiro atoms. The molecule has 4 heteroatoms. The van der Waals surface area contributed by atoms with Gasteiger partial charge in [-0.2, -0.15) is 11.8 Å². The minimum absolute atomic E-state index is 0.148. The summed E-state index contributed by atoms with van der Waals surface area (Å²) in [5.74, 6) is 1.09. The minimum atomic E-state index is 0.148. The minimum Gasteiger partial charge on any atom is -0.375 e. The fourth-order valence-corrected chi connectivity index (χ4v) is 2.70. The lowest BCUT2D eigenvalue weighted by Gasteiger charge is -2.32. The van der Waals surface area contributed by atoms with Gasteiger partial charge >= 0.3 is 0 Å². The molecule has 2 aliphatic rings. The highest BCUT2D eigenvalue weighted by molar-refractivity contribution is 7.98. The van der Waals surface area contributed by atoms with E-state index >= 15 is 0 Å². The summed E-state index contributed by atoms with van der Waals surface area (Å²) >= 11 is 1.84. The van der Waals surface area contributed by atoms with Crippen LogP contribution in [0.3, 0.4) is 0 Å². The van der Waals surface area contributed by atoms with Crippen molar-refractivity contribution in [3.63, 3.8) is 0 Å². The molecule has 88 valence electrons. The first-order valence-electron chi connectivity index (χ1n) is 5.80. The summed E-state index contributed by atoms with van der Waals surface area (Å²) in [6, 6.07) is 0. The van der Waals surface area contributed by atoms with Gasteiger partial charge in [0.05, 0.1) is 24.9 Å². The number of nitrogens with one attached hydrogen (secondary N) is 1. The van der Waals surface area contributed by atoms with Crippen LogP contribution in [0.1, 0.15) is 19.3 Å². The van der Waals surface area contributed by atoms with Crippen molar-refractivity contribution >= 4 is 11.8 Å². The molecule has 1 atom stereocenters. The van der Waals surface area contributed by atoms with Gasteiger partial charge in [0.15, 0.2) is 0 Å². The van der Waals surface area contributed by atoms with E-state index in [1.165, 1.54) is 0 Å². The number of piperidine rings is 1. The van der Waals surface area contributed by atoms with Crippen LogP contribution in [0.25, 0.3) is 0 Å². The van der Waals surface area contributed by atoms with Crippen LogP contribution >= 0.6 is 11.8 Å². The quantitative estimate of drug-likeness (QED) is 0.738. The maximum Gasteiger partial charge on any atom is 0.0836 e. The molecule has 15 heavy (non-hydrogen) atoms. The second-order valence-corrected chi connectivity index (χ2v) is 5.42. The molecule has 0 saturated carbocycles. The van der Waals surface area contributed by atoms with Crippen molar-refractivity contribution in [1.82, 2.24) is 5.32 Å². The Balaban J connectivity index is 1.73. The van der Waals surface area contributed by atoms with E-state index in [-0.39, 0.29) is 5.60 Å². The zero-order valence-electron chi connectivity index (χ0n) is 9.46. The second-order valence-electron chi connectivity index (χ2n) is 4.43. The molecular weight excluding hydrogens is 210 g/mol. The zero-order valence-corrected chi connectivity index (χ0v) is 10.3. The molecule has 2 fully saturated rings. The van der Waals surface area contributed by atoms with Crippen molar-refractivity contribution in [2.45, 2.75) is 31.0 Å². The van der Waals surface area contributed by atoms with Crippen molar-refractivity contribution in [2.24, 2.45) is 0 Å². The van der Waals surface area contributed by atoms with Gasteiger partial charge in [0.25, 0.3) is 0 Å². The fraction of sp³-hybridized carbons (Fsp3) is 1.00. The molecule has 2 aliphatic heterocycles. The summed E-state index contributed by atoms with van der Waals surface area (Å²) < 4.78 is 11.8. The Morgan fingerprint density at radius 1 is 1.47 bits per heavy atom. The highest BCUT2D eigenvalue weighted by Gasteiger charge is 2.41. The van der Waals surface area contributed by atoms with Crippen LogP contribution in [0.2, 0.25) is 0 Å². The lowest BCUT2D eigenvalue weighted by molar-refractivity contribution is -0.0228. The van der Waals surface area contributed by atoms with Crippen molar-refractivity contribution in [2.75, 3.05) is 38.3 Å². The first kappa shape index (κ1) is 11.7. The van der Waals surface area contributed by atoms with Crippen molar-refractivity contribution < 1.29 is 9.47 Å². The van der Waals surface area contributed by atoms with Crippen molar-refractivity contribution in [3.8, 4) is 0 Å². The van der Waals surface area contributed by atoms with E-state index in [1.807, 2.05) is 11.8 Å². The summed E-state index contributed by atoms with van der Waals surface area (Å²) in [5.41, 5.74) is 0.148. The van der Waals surface area contributed by atoms with E-state index in [1.54, 1.807) is 0 Å². The Morgan fingerprint density at radius 2 is 2.27 bits per heavy atom. The molecule has 0 bridgehead atoms. The van der Waals surface area contributed by atoms with Crippen molar-refractivity contribution in [3.05, 3.63) is 0 Å². The Hall–Kier alpha value is 0.230. The number of rotatable bonds is 4. The predicted octanol–water partition coefficient (Wildman–Crippen LogP) is 1.28. The molecule has 1 N–H and O–H groups in total. The van der Waals surface area contributed by atoms with Crippen LogP contribution in [0.15, 0.2) is 0 Å². The highest BCUT2D eigenvalue weighted by Crippen LogP contribution is 2.35. The van der Waals surface area contributed by atoms with Crippen LogP contribution in [0.5, 0.6) is 0 Å². The van der Waals surface area contributed by atoms with Gasteiger partial charge in [-0.15, -0.1) is 0 Å². The molecule has 2 saturated heterocycles. The molecule has 0 aliphatic carbocycles. The number of thioether (sulfide) groups is 1. The molecule has 0 aromatic heterocycles. The summed E-state index contributed by atoms with van der Waals surface area (Å²) in [5, 5.41) is 3.38. The molecule has 0 aromatic rings. The van der Waals surface area contributed by atoms with Gasteiger partial charge in [-0.25, -0.2) is 0 Å². The summed E-state index contributed by atoms with van der Waals surface area (Å²) in [7, 11) is 0. The number of hydrogen-bond donors (Lipinski definition) is 1. The first-order valence-corrected chi connectivity index (χ1v) is 7.19. The monoisotopic (exact) mass is 231 g/mol. The van der Waals surface area contributed by atoms with Crippen molar-refractivity contribution in [1.29, 1.82) is 0 Å². The maximum absolute atomic E-state index is 5.95. The van der Waals surface area contributed by atoms with E-state index in [0.717, 1.165) is 51.3 Å². The van der Waals surface area contributed by atoms with Crippen LogP contribution in [-0.4, -0.2) is 50.0 Å². The maximum atomic E-state index is 5.95. The van der Waals surface area contributed by atoms with Gasteiger partial charge in [-0.3, -0.25) is 0 Å². The van der Waals surface area contributed by atoms with Crippen LogP contribution in [0.4, 0.5) is 0 Å². The third kappa shape index (κ3) is 3.09. The smallest absolute Gasteiger partial charge is 0.0836 e. The standard InChI is InChI=1S/C11H21NO2S/c1-15-7-6-13-10-8-11(14-9-10)2-4-12-5-3-11/h10,12H,2-9H2,1H3. The third-order valence-corrected chi connectivity index (χ3v) is 3.91. The van der Waals surface area contributed by atoms with E-state index in [0.29, 0.717) is 6.10 Å². The first-order chi connectivity index (χ1) is 7.35. The molecule has 1 unspecified atom stereocenters. The Kier molecular flexibility index (Phi) is 4.31. The van der Waals surface area contributed by atoms with E-state index in [9.17, 15) is 0 Å².